The number of pyridine rings is 1. The Morgan fingerprint density at radius 3 is 3.10 bits per heavy atom. The Morgan fingerprint density at radius 2 is 2.33 bits per heavy atom. The fourth-order valence-corrected chi connectivity index (χ4v) is 2.24. The molecule has 0 radical (unpaired) electrons. The number of nitriles is 1. The van der Waals surface area contributed by atoms with Gasteiger partial charge in [-0.15, -0.1) is 0 Å². The molecule has 2 heterocycles. The van der Waals surface area contributed by atoms with Gasteiger partial charge in [0.2, 0.25) is 5.43 Å². The molecule has 1 aromatic carbocycles. The number of fused-ring (bicyclic) bond motifs is 2. The maximum absolute atomic E-state index is 12.1. The van der Waals surface area contributed by atoms with E-state index in [4.69, 9.17) is 19.5 Å². The van der Waals surface area contributed by atoms with Crippen LogP contribution in [-0.2, 0) is 4.74 Å². The highest BCUT2D eigenvalue weighted by Gasteiger charge is 2.22. The molecule has 108 valence electrons. The van der Waals surface area contributed by atoms with Crippen LogP contribution >= 0.6 is 0 Å². The zero-order valence-corrected chi connectivity index (χ0v) is 11.5. The number of rotatable bonds is 3. The van der Waals surface area contributed by atoms with Gasteiger partial charge in [-0.25, -0.2) is 0 Å². The Balaban J connectivity index is 2.00. The highest BCUT2D eigenvalue weighted by Crippen LogP contribution is 2.34. The number of nitrogens with one attached hydrogen (secondary N) is 1. The van der Waals surface area contributed by atoms with E-state index in [1.54, 1.807) is 12.1 Å². The van der Waals surface area contributed by atoms with E-state index in [1.807, 2.05) is 13.0 Å². The van der Waals surface area contributed by atoms with Crippen LogP contribution in [0, 0.1) is 11.3 Å². The molecule has 3 rings (SSSR count). The van der Waals surface area contributed by atoms with Crippen LogP contribution in [0.25, 0.3) is 10.9 Å². The lowest BCUT2D eigenvalue weighted by atomic mass is 10.1. The largest absolute Gasteiger partial charge is 0.486 e. The Hall–Kier alpha value is -2.52. The van der Waals surface area contributed by atoms with Crippen LogP contribution in [0.15, 0.2) is 23.1 Å². The first-order valence-electron chi connectivity index (χ1n) is 6.69. The van der Waals surface area contributed by atoms with Crippen molar-refractivity contribution in [3.63, 3.8) is 0 Å². The average Bonchev–Trinajstić information content (AvgIpc) is 2.51. The van der Waals surface area contributed by atoms with Crippen molar-refractivity contribution in [3.8, 4) is 17.6 Å². The topological polar surface area (TPSA) is 84.3 Å². The van der Waals surface area contributed by atoms with Gasteiger partial charge < -0.3 is 19.2 Å². The Bertz CT molecular complexity index is 776. The minimum absolute atomic E-state index is 0.0772. The maximum Gasteiger partial charge on any atom is 0.207 e. The van der Waals surface area contributed by atoms with E-state index in [-0.39, 0.29) is 17.1 Å². The first kappa shape index (κ1) is 13.5. The lowest BCUT2D eigenvalue weighted by Gasteiger charge is -2.26. The summed E-state index contributed by atoms with van der Waals surface area (Å²) < 4.78 is 16.8. The molecule has 6 heteroatoms. The van der Waals surface area contributed by atoms with Gasteiger partial charge in [0, 0.05) is 18.9 Å². The van der Waals surface area contributed by atoms with Crippen molar-refractivity contribution in [2.24, 2.45) is 0 Å². The molecule has 6 nitrogen and oxygen atoms in total. The van der Waals surface area contributed by atoms with Crippen LogP contribution in [0.2, 0.25) is 0 Å². The lowest BCUT2D eigenvalue weighted by Crippen LogP contribution is -2.33. The Kier molecular flexibility index (Phi) is 3.50. The third-order valence-electron chi connectivity index (χ3n) is 3.29. The standard InChI is InChI=1S/C15H14N2O4/c1-2-19-7-10-8-20-13-3-11-12(4-14(13)21-10)17-6-9(5-16)15(11)18/h3-4,6,10H,2,7-8H2,1H3,(H,17,18). The molecular formula is C15H14N2O4. The number of nitrogens with zero attached hydrogens (tertiary/aromatic N) is 1. The maximum atomic E-state index is 12.1. The van der Waals surface area contributed by atoms with Crippen LogP contribution in [-0.4, -0.2) is 30.9 Å². The molecule has 2 aromatic rings. The molecule has 1 aromatic heterocycles. The lowest BCUT2D eigenvalue weighted by molar-refractivity contribution is 0.0129. The fraction of sp³-hybridized carbons (Fsp3) is 0.333. The molecule has 0 spiro atoms. The predicted octanol–water partition coefficient (Wildman–Crippen LogP) is 1.58. The van der Waals surface area contributed by atoms with Gasteiger partial charge in [0.25, 0.3) is 0 Å². The fourth-order valence-electron chi connectivity index (χ4n) is 2.24. The molecule has 1 aliphatic rings. The van der Waals surface area contributed by atoms with E-state index in [1.165, 1.54) is 6.20 Å². The van der Waals surface area contributed by atoms with Crippen molar-refractivity contribution in [1.82, 2.24) is 4.98 Å². The van der Waals surface area contributed by atoms with Gasteiger partial charge in [-0.1, -0.05) is 0 Å². The van der Waals surface area contributed by atoms with E-state index in [9.17, 15) is 4.79 Å². The van der Waals surface area contributed by atoms with Gasteiger partial charge >= 0.3 is 0 Å². The minimum atomic E-state index is -0.311. The molecule has 0 saturated heterocycles. The minimum Gasteiger partial charge on any atom is -0.486 e. The molecule has 21 heavy (non-hydrogen) atoms. The molecule has 0 amide bonds. The number of aromatic amines is 1. The Morgan fingerprint density at radius 1 is 1.48 bits per heavy atom. The number of H-pyrrole nitrogens is 1. The highest BCUT2D eigenvalue weighted by molar-refractivity contribution is 5.83. The molecule has 0 saturated carbocycles. The van der Waals surface area contributed by atoms with Crippen LogP contribution in [0.1, 0.15) is 12.5 Å². The second kappa shape index (κ2) is 5.46. The zero-order valence-electron chi connectivity index (χ0n) is 11.5. The summed E-state index contributed by atoms with van der Waals surface area (Å²) >= 11 is 0. The molecule has 0 bridgehead atoms. The van der Waals surface area contributed by atoms with E-state index in [0.717, 1.165) is 0 Å². The average molecular weight is 286 g/mol. The van der Waals surface area contributed by atoms with Crippen molar-refractivity contribution >= 4 is 10.9 Å². The third kappa shape index (κ3) is 2.43. The van der Waals surface area contributed by atoms with Gasteiger partial charge in [-0.05, 0) is 13.0 Å². The highest BCUT2D eigenvalue weighted by atomic mass is 16.6. The number of aromatic nitrogens is 1. The second-order valence-electron chi connectivity index (χ2n) is 4.70. The summed E-state index contributed by atoms with van der Waals surface area (Å²) in [6, 6.07) is 5.19. The summed E-state index contributed by atoms with van der Waals surface area (Å²) in [6.45, 7) is 3.36. The van der Waals surface area contributed by atoms with E-state index in [2.05, 4.69) is 4.98 Å². The molecule has 0 fully saturated rings. The van der Waals surface area contributed by atoms with Crippen LogP contribution in [0.5, 0.6) is 11.5 Å². The van der Waals surface area contributed by atoms with Gasteiger partial charge in [0.1, 0.15) is 18.2 Å². The Labute approximate surface area is 120 Å². The van der Waals surface area contributed by atoms with Crippen LogP contribution in [0.4, 0.5) is 0 Å². The van der Waals surface area contributed by atoms with Crippen molar-refractivity contribution in [2.45, 2.75) is 13.0 Å². The van der Waals surface area contributed by atoms with E-state index >= 15 is 0 Å². The number of ether oxygens (including phenoxy) is 3. The van der Waals surface area contributed by atoms with Crippen molar-refractivity contribution in [2.75, 3.05) is 19.8 Å². The number of benzene rings is 1. The van der Waals surface area contributed by atoms with Gasteiger partial charge in [0.15, 0.2) is 17.6 Å². The summed E-state index contributed by atoms with van der Waals surface area (Å²) in [5.74, 6) is 1.08. The third-order valence-corrected chi connectivity index (χ3v) is 3.29. The SMILES string of the molecule is CCOCC1COc2cc3c(=O)c(C#N)c[nH]c3cc2O1. The summed E-state index contributed by atoms with van der Waals surface area (Å²) in [5, 5.41) is 9.31. The summed E-state index contributed by atoms with van der Waals surface area (Å²) in [7, 11) is 0. The van der Waals surface area contributed by atoms with Crippen LogP contribution in [0.3, 0.4) is 0 Å². The smallest absolute Gasteiger partial charge is 0.207 e. The normalized spacial score (nSPS) is 16.7. The zero-order chi connectivity index (χ0) is 14.8. The summed E-state index contributed by atoms with van der Waals surface area (Å²) in [4.78, 5) is 15.0. The molecule has 1 N–H and O–H groups in total. The first-order chi connectivity index (χ1) is 10.2. The van der Waals surface area contributed by atoms with Crippen LogP contribution < -0.4 is 14.9 Å². The molecule has 1 aliphatic heterocycles. The van der Waals surface area contributed by atoms with Gasteiger partial charge in [-0.3, -0.25) is 4.79 Å². The first-order valence-corrected chi connectivity index (χ1v) is 6.69. The number of hydrogen-bond acceptors (Lipinski definition) is 5. The molecule has 1 unspecified atom stereocenters. The van der Waals surface area contributed by atoms with Gasteiger partial charge in [0.05, 0.1) is 17.5 Å². The molecular weight excluding hydrogens is 272 g/mol. The molecule has 0 aliphatic carbocycles. The van der Waals surface area contributed by atoms with Crippen molar-refractivity contribution < 1.29 is 14.2 Å². The van der Waals surface area contributed by atoms with E-state index in [0.29, 0.717) is 42.2 Å². The van der Waals surface area contributed by atoms with Gasteiger partial charge in [-0.2, -0.15) is 5.26 Å². The van der Waals surface area contributed by atoms with Crippen molar-refractivity contribution in [3.05, 3.63) is 34.1 Å². The second-order valence-corrected chi connectivity index (χ2v) is 4.70. The predicted molar refractivity (Wildman–Crippen MR) is 75.7 cm³/mol. The molecule has 1 atom stereocenters. The van der Waals surface area contributed by atoms with E-state index < -0.39 is 0 Å². The van der Waals surface area contributed by atoms with Crippen molar-refractivity contribution in [1.29, 1.82) is 5.26 Å². The summed E-state index contributed by atoms with van der Waals surface area (Å²) in [5.41, 5.74) is 0.376. The quantitative estimate of drug-likeness (QED) is 0.926. The number of hydrogen-bond donors (Lipinski definition) is 1. The monoisotopic (exact) mass is 286 g/mol. The summed E-state index contributed by atoms with van der Waals surface area (Å²) in [6.07, 6.45) is 1.23.